The van der Waals surface area contributed by atoms with E-state index in [9.17, 15) is 20.2 Å². The summed E-state index contributed by atoms with van der Waals surface area (Å²) in [5.41, 5.74) is 0. The van der Waals surface area contributed by atoms with Crippen LogP contribution in [0, 0.1) is 34.1 Å². The van der Waals surface area contributed by atoms with Crippen LogP contribution in [0.5, 0.6) is 0 Å². The minimum absolute atomic E-state index is 0.213. The number of hydrogen-bond acceptors (Lipinski definition) is 6. The highest BCUT2D eigenvalue weighted by Gasteiger charge is 2.15. The number of hydrogen-bond donors (Lipinski definition) is 0. The lowest BCUT2D eigenvalue weighted by atomic mass is 10.5. The summed E-state index contributed by atoms with van der Waals surface area (Å²) in [4.78, 5) is 27.7. The minimum atomic E-state index is -0.569. The van der Waals surface area contributed by atoms with Crippen LogP contribution in [0.3, 0.4) is 0 Å². The molecule has 0 aliphatic rings. The normalized spacial score (nSPS) is 11.1. The lowest BCUT2D eigenvalue weighted by Gasteiger charge is -1.96. The van der Waals surface area contributed by atoms with E-state index in [2.05, 4.69) is 9.97 Å². The van der Waals surface area contributed by atoms with E-state index in [0.717, 1.165) is 0 Å². The smallest absolute Gasteiger partial charge is 0.358 e. The molecule has 21 heavy (non-hydrogen) atoms. The summed E-state index contributed by atoms with van der Waals surface area (Å²) in [6.07, 6.45) is 5.95. The first-order valence-electron chi connectivity index (χ1n) is 5.93. The molecule has 0 spiro atoms. The predicted octanol–water partition coefficient (Wildman–Crippen LogP) is 1.68. The molecule has 0 radical (unpaired) electrons. The van der Waals surface area contributed by atoms with E-state index in [4.69, 9.17) is 0 Å². The second kappa shape index (κ2) is 5.53. The van der Waals surface area contributed by atoms with Crippen molar-refractivity contribution >= 4 is 17.8 Å². The maximum absolute atomic E-state index is 10.6. The van der Waals surface area contributed by atoms with Crippen molar-refractivity contribution in [3.8, 4) is 0 Å². The quantitative estimate of drug-likeness (QED) is 0.610. The highest BCUT2D eigenvalue weighted by atomic mass is 16.6. The van der Waals surface area contributed by atoms with Crippen LogP contribution < -0.4 is 0 Å². The molecule has 0 bridgehead atoms. The Morgan fingerprint density at radius 2 is 1.67 bits per heavy atom. The van der Waals surface area contributed by atoms with E-state index in [1.165, 1.54) is 17.0 Å². The summed E-state index contributed by atoms with van der Waals surface area (Å²) in [5, 5.41) is 21.2. The van der Waals surface area contributed by atoms with Crippen LogP contribution in [0.2, 0.25) is 0 Å². The van der Waals surface area contributed by atoms with Crippen molar-refractivity contribution < 1.29 is 9.85 Å². The van der Waals surface area contributed by atoms with E-state index in [-0.39, 0.29) is 11.6 Å². The van der Waals surface area contributed by atoms with Crippen LogP contribution in [0.4, 0.5) is 11.6 Å². The van der Waals surface area contributed by atoms with Gasteiger partial charge in [0.1, 0.15) is 12.4 Å². The van der Waals surface area contributed by atoms with Crippen LogP contribution in [0.1, 0.15) is 11.6 Å². The summed E-state index contributed by atoms with van der Waals surface area (Å²) in [6, 6.07) is 0. The molecule has 0 aliphatic heterocycles. The maximum atomic E-state index is 10.6. The van der Waals surface area contributed by atoms with Gasteiger partial charge in [-0.25, -0.2) is 0 Å². The maximum Gasteiger partial charge on any atom is 0.382 e. The predicted molar refractivity (Wildman–Crippen MR) is 72.6 cm³/mol. The van der Waals surface area contributed by atoms with Gasteiger partial charge in [-0.3, -0.25) is 4.57 Å². The van der Waals surface area contributed by atoms with E-state index >= 15 is 0 Å². The average molecular weight is 292 g/mol. The van der Waals surface area contributed by atoms with Gasteiger partial charge in [-0.15, -0.1) is 0 Å². The van der Waals surface area contributed by atoms with Gasteiger partial charge < -0.3 is 24.8 Å². The number of allylic oxidation sites excluding steroid dienone is 1. The molecule has 0 saturated carbocycles. The second-order valence-electron chi connectivity index (χ2n) is 4.25. The van der Waals surface area contributed by atoms with Gasteiger partial charge in [0, 0.05) is 26.6 Å². The molecule has 110 valence electrons. The van der Waals surface area contributed by atoms with Crippen molar-refractivity contribution in [2.75, 3.05) is 0 Å². The summed E-state index contributed by atoms with van der Waals surface area (Å²) >= 11 is 0. The summed E-state index contributed by atoms with van der Waals surface area (Å²) in [5.74, 6) is 0.549. The molecule has 10 nitrogen and oxygen atoms in total. The Kier molecular flexibility index (Phi) is 3.78. The van der Waals surface area contributed by atoms with Gasteiger partial charge in [0.2, 0.25) is 11.6 Å². The summed E-state index contributed by atoms with van der Waals surface area (Å²) < 4.78 is 3.12. The first kappa shape index (κ1) is 14.4. The fourth-order valence-electron chi connectivity index (χ4n) is 1.75. The van der Waals surface area contributed by atoms with E-state index in [0.29, 0.717) is 18.2 Å². The molecule has 2 rings (SSSR count). The van der Waals surface area contributed by atoms with Crippen LogP contribution in [0.15, 0.2) is 18.5 Å². The zero-order chi connectivity index (χ0) is 15.6. The monoisotopic (exact) mass is 292 g/mol. The zero-order valence-electron chi connectivity index (χ0n) is 11.3. The number of nitrogens with zero attached hydrogens (tertiary/aromatic N) is 6. The van der Waals surface area contributed by atoms with Gasteiger partial charge in [-0.05, 0) is 25.9 Å². The lowest BCUT2D eigenvalue weighted by Crippen LogP contribution is -1.97. The molecule has 0 N–H and O–H groups in total. The van der Waals surface area contributed by atoms with Crippen molar-refractivity contribution in [1.82, 2.24) is 19.1 Å². The number of nitro groups is 2. The summed E-state index contributed by atoms with van der Waals surface area (Å²) in [6.45, 7) is 3.66. The first-order valence-corrected chi connectivity index (χ1v) is 5.93. The number of imidazole rings is 2. The fraction of sp³-hybridized carbons (Fsp3) is 0.273. The van der Waals surface area contributed by atoms with E-state index in [1.54, 1.807) is 30.7 Å². The molecule has 0 aromatic carbocycles. The molecule has 2 aromatic heterocycles. The Morgan fingerprint density at radius 1 is 1.10 bits per heavy atom. The third-order valence-electron chi connectivity index (χ3n) is 2.81. The largest absolute Gasteiger partial charge is 0.382 e. The molecule has 0 aliphatic carbocycles. The molecule has 0 fully saturated rings. The van der Waals surface area contributed by atoms with Gasteiger partial charge >= 0.3 is 11.6 Å². The number of rotatable bonds is 5. The first-order chi connectivity index (χ1) is 9.88. The standard InChI is InChI=1S/C11H12N6O4/c1-8-12-10(16(18)19)6-14(8)4-3-5-15-7-11(17(20)21)13-9(15)2/h3-4,6-7H,5H2,1-2H3/b4-3+. The van der Waals surface area contributed by atoms with Crippen LogP contribution >= 0.6 is 0 Å². The summed E-state index contributed by atoms with van der Waals surface area (Å²) in [7, 11) is 0. The molecule has 10 heteroatoms. The fourth-order valence-corrected chi connectivity index (χ4v) is 1.75. The lowest BCUT2D eigenvalue weighted by molar-refractivity contribution is -0.389. The highest BCUT2D eigenvalue weighted by Crippen LogP contribution is 2.12. The molecular weight excluding hydrogens is 280 g/mol. The number of aromatic nitrogens is 4. The Labute approximate surface area is 118 Å². The SMILES string of the molecule is Cc1nc([N+](=O)[O-])cn1/C=C/Cn1cc([N+](=O)[O-])nc1C. The van der Waals surface area contributed by atoms with E-state index < -0.39 is 9.85 Å². The highest BCUT2D eigenvalue weighted by molar-refractivity contribution is 5.31. The van der Waals surface area contributed by atoms with Crippen molar-refractivity contribution in [2.24, 2.45) is 0 Å². The number of aryl methyl sites for hydroxylation is 2. The molecule has 0 unspecified atom stereocenters. The molecular formula is C11H12N6O4. The topological polar surface area (TPSA) is 122 Å². The van der Waals surface area contributed by atoms with Gasteiger partial charge in [-0.2, -0.15) is 0 Å². The van der Waals surface area contributed by atoms with Crippen LogP contribution in [0.25, 0.3) is 6.20 Å². The van der Waals surface area contributed by atoms with E-state index in [1.807, 2.05) is 0 Å². The molecule has 0 saturated heterocycles. The zero-order valence-corrected chi connectivity index (χ0v) is 11.3. The van der Waals surface area contributed by atoms with Crippen molar-refractivity contribution in [2.45, 2.75) is 20.4 Å². The minimum Gasteiger partial charge on any atom is -0.358 e. The third kappa shape index (κ3) is 3.11. The van der Waals surface area contributed by atoms with Crippen molar-refractivity contribution in [1.29, 1.82) is 0 Å². The van der Waals surface area contributed by atoms with Crippen LogP contribution in [-0.2, 0) is 6.54 Å². The van der Waals surface area contributed by atoms with Gasteiger partial charge in [-0.1, -0.05) is 0 Å². The van der Waals surface area contributed by atoms with Crippen molar-refractivity contribution in [3.05, 3.63) is 50.3 Å². The van der Waals surface area contributed by atoms with Gasteiger partial charge in [0.25, 0.3) is 0 Å². The Hall–Kier alpha value is -3.04. The Bertz CT molecular complexity index is 729. The molecule has 2 aromatic rings. The third-order valence-corrected chi connectivity index (χ3v) is 2.81. The van der Waals surface area contributed by atoms with Gasteiger partial charge in [0.05, 0.1) is 0 Å². The second-order valence-corrected chi connectivity index (χ2v) is 4.25. The molecule has 0 amide bonds. The molecule has 0 atom stereocenters. The Morgan fingerprint density at radius 3 is 2.19 bits per heavy atom. The van der Waals surface area contributed by atoms with Crippen LogP contribution in [-0.4, -0.2) is 28.9 Å². The molecule has 2 heterocycles. The van der Waals surface area contributed by atoms with Gasteiger partial charge in [0.15, 0.2) is 0 Å². The Balaban J connectivity index is 2.12. The average Bonchev–Trinajstić information content (AvgIpc) is 2.95. The van der Waals surface area contributed by atoms with Crippen molar-refractivity contribution in [3.63, 3.8) is 0 Å².